The molecule has 0 amide bonds. The summed E-state index contributed by atoms with van der Waals surface area (Å²) in [5, 5.41) is -0.239. The molecule has 1 aromatic carbocycles. The van der Waals surface area contributed by atoms with Gasteiger partial charge in [-0.05, 0) is 36.6 Å². The number of hydrogen-bond donors (Lipinski definition) is 2. The molecule has 0 bridgehead atoms. The molecule has 3 nitrogen and oxygen atoms in total. The molecule has 0 radical (unpaired) electrons. The lowest BCUT2D eigenvalue weighted by molar-refractivity contribution is -0.110. The van der Waals surface area contributed by atoms with Crippen LogP contribution in [-0.4, -0.2) is 12.2 Å². The Morgan fingerprint density at radius 3 is 2.73 bits per heavy atom. The molecule has 0 aromatic heterocycles. The average molecular weight is 264 g/mol. The van der Waals surface area contributed by atoms with Crippen LogP contribution < -0.4 is 8.56 Å². The van der Waals surface area contributed by atoms with Crippen molar-refractivity contribution in [3.63, 3.8) is 0 Å². The van der Waals surface area contributed by atoms with Crippen LogP contribution in [0.5, 0.6) is 5.75 Å². The van der Waals surface area contributed by atoms with Gasteiger partial charge in [0, 0.05) is 18.2 Å². The largest absolute Gasteiger partial charge is 0.497 e. The van der Waals surface area contributed by atoms with E-state index in [1.54, 1.807) is 25.3 Å². The molecule has 0 fully saturated rings. The summed E-state index contributed by atoms with van der Waals surface area (Å²) in [7, 11) is 1.56. The maximum absolute atomic E-state index is 10.9. The van der Waals surface area contributed by atoms with E-state index in [1.165, 1.54) is 0 Å². The third kappa shape index (κ3) is 3.52. The van der Waals surface area contributed by atoms with Gasteiger partial charge in [-0.1, -0.05) is 0 Å². The smallest absolute Gasteiger partial charge is 0.190 e. The molecule has 0 aliphatic carbocycles. The molecule has 0 aliphatic heterocycles. The second-order valence-corrected chi connectivity index (χ2v) is 4.30. The lowest BCUT2D eigenvalue weighted by atomic mass is 10.1. The second kappa shape index (κ2) is 5.53. The van der Waals surface area contributed by atoms with Crippen LogP contribution in [0.4, 0.5) is 5.69 Å². The Bertz CT molecular complexity index is 371. The summed E-state index contributed by atoms with van der Waals surface area (Å²) < 4.78 is 6.18. The Kier molecular flexibility index (Phi) is 4.63. The van der Waals surface area contributed by atoms with Crippen molar-refractivity contribution in [1.29, 1.82) is 0 Å². The third-order valence-electron chi connectivity index (χ3n) is 1.83. The fourth-order valence-electron chi connectivity index (χ4n) is 1.17. The van der Waals surface area contributed by atoms with Crippen LogP contribution in [0.15, 0.2) is 18.2 Å². The molecule has 0 spiro atoms. The van der Waals surface area contributed by atoms with Gasteiger partial charge >= 0.3 is 0 Å². The van der Waals surface area contributed by atoms with Crippen LogP contribution in [0.2, 0.25) is 0 Å². The van der Waals surface area contributed by atoms with Gasteiger partial charge in [-0.3, -0.25) is 4.79 Å². The van der Waals surface area contributed by atoms with Gasteiger partial charge < -0.3 is 4.74 Å². The van der Waals surface area contributed by atoms with Crippen molar-refractivity contribution in [2.24, 2.45) is 0 Å². The fraction of sp³-hybridized carbons (Fsp3) is 0.222. The molecule has 0 unspecified atom stereocenters. The van der Waals surface area contributed by atoms with Gasteiger partial charge in [0.1, 0.15) is 5.75 Å². The average Bonchev–Trinajstić information content (AvgIpc) is 2.16. The quantitative estimate of drug-likeness (QED) is 0.646. The maximum Gasteiger partial charge on any atom is 0.190 e. The Hall–Kier alpha value is -0.520. The number of methoxy groups -OCH3 is 1. The first kappa shape index (κ1) is 12.5. The highest BCUT2D eigenvalue weighted by molar-refractivity contribution is 7.96. The Balaban J connectivity index is 3.10. The molecule has 15 heavy (non-hydrogen) atoms. The van der Waals surface area contributed by atoms with Crippen molar-refractivity contribution >= 4 is 48.0 Å². The molecule has 0 saturated carbocycles. The zero-order valence-corrected chi connectivity index (χ0v) is 10.5. The van der Waals surface area contributed by atoms with E-state index in [-0.39, 0.29) is 11.5 Å². The van der Waals surface area contributed by atoms with Crippen molar-refractivity contribution < 1.29 is 9.53 Å². The van der Waals surface area contributed by atoms with E-state index in [2.05, 4.69) is 25.4 Å². The summed E-state index contributed by atoms with van der Waals surface area (Å²) in [5.41, 5.74) is 1.36. The lowest BCUT2D eigenvalue weighted by Gasteiger charge is -2.13. The first-order chi connectivity index (χ1) is 7.04. The van der Waals surface area contributed by atoms with Crippen LogP contribution in [0.1, 0.15) is 5.56 Å². The minimum atomic E-state index is -0.239. The normalized spacial score (nSPS) is 9.87. The van der Waals surface area contributed by atoms with Gasteiger partial charge in [-0.15, -0.1) is 12.6 Å². The number of carbonyl (C=O) groups is 1. The van der Waals surface area contributed by atoms with Crippen LogP contribution in [0, 0.1) is 0 Å². The lowest BCUT2D eigenvalue weighted by Crippen LogP contribution is -2.02. The first-order valence-corrected chi connectivity index (χ1v) is 5.26. The highest BCUT2D eigenvalue weighted by Gasteiger charge is 2.10. The summed E-state index contributed by atoms with van der Waals surface area (Å²) in [4.78, 5) is 10.9. The molecule has 1 aromatic rings. The van der Waals surface area contributed by atoms with Crippen LogP contribution in [-0.2, 0) is 11.2 Å². The van der Waals surface area contributed by atoms with E-state index in [9.17, 15) is 4.79 Å². The van der Waals surface area contributed by atoms with E-state index in [0.717, 1.165) is 9.39 Å². The number of ether oxygens (including phenoxy) is 1. The first-order valence-electron chi connectivity index (χ1n) is 4.08. The number of carbonyl (C=O) groups excluding carboxylic acids is 1. The molecular weight excluding hydrogens is 254 g/mol. The fourth-order valence-corrected chi connectivity index (χ4v) is 1.70. The highest BCUT2D eigenvalue weighted by atomic mass is 35.5. The summed E-state index contributed by atoms with van der Waals surface area (Å²) in [6.07, 6.45) is 0.180. The number of rotatable bonds is 4. The van der Waals surface area contributed by atoms with E-state index in [0.29, 0.717) is 11.4 Å². The van der Waals surface area contributed by atoms with Gasteiger partial charge in [-0.2, -0.15) is 0 Å². The van der Waals surface area contributed by atoms with Gasteiger partial charge in [0.2, 0.25) is 0 Å². The predicted molar refractivity (Wildman–Crippen MR) is 68.0 cm³/mol. The van der Waals surface area contributed by atoms with E-state index in [4.69, 9.17) is 16.5 Å². The summed E-state index contributed by atoms with van der Waals surface area (Å²) >= 11 is 13.4. The SMILES string of the molecule is COc1ccc(N(S)Cl)c(CC(=O)S)c1. The molecule has 0 saturated heterocycles. The predicted octanol–water partition coefficient (Wildman–Crippen LogP) is 2.50. The van der Waals surface area contributed by atoms with Gasteiger partial charge in [0.05, 0.1) is 12.8 Å². The topological polar surface area (TPSA) is 29.5 Å². The summed E-state index contributed by atoms with van der Waals surface area (Å²) in [6.45, 7) is 0. The Labute approximate surface area is 104 Å². The van der Waals surface area contributed by atoms with Crippen LogP contribution >= 0.6 is 37.2 Å². The number of nitrogens with zero attached hydrogens (tertiary/aromatic N) is 1. The number of anilines is 1. The van der Waals surface area contributed by atoms with Crippen LogP contribution in [0.3, 0.4) is 0 Å². The molecule has 1 rings (SSSR count). The second-order valence-electron chi connectivity index (χ2n) is 2.83. The molecule has 0 aliphatic rings. The minimum Gasteiger partial charge on any atom is -0.497 e. The van der Waals surface area contributed by atoms with E-state index < -0.39 is 0 Å². The van der Waals surface area contributed by atoms with Crippen molar-refractivity contribution in [1.82, 2.24) is 0 Å². The zero-order valence-electron chi connectivity index (χ0n) is 7.98. The zero-order chi connectivity index (χ0) is 11.4. The van der Waals surface area contributed by atoms with Gasteiger partial charge in [0.25, 0.3) is 0 Å². The number of halogens is 1. The minimum absolute atomic E-state index is 0.180. The van der Waals surface area contributed by atoms with Gasteiger partial charge in [0.15, 0.2) is 5.12 Å². The third-order valence-corrected chi connectivity index (χ3v) is 2.38. The van der Waals surface area contributed by atoms with Gasteiger partial charge in [-0.25, -0.2) is 3.82 Å². The summed E-state index contributed by atoms with van der Waals surface area (Å²) in [6, 6.07) is 5.20. The molecule has 0 atom stereocenters. The molecule has 6 heteroatoms. The molecular formula is C9H10ClNO2S2. The van der Waals surface area contributed by atoms with E-state index in [1.807, 2.05) is 0 Å². The Morgan fingerprint density at radius 1 is 1.60 bits per heavy atom. The number of hydrogen-bond acceptors (Lipinski definition) is 4. The van der Waals surface area contributed by atoms with Crippen molar-refractivity contribution in [3.8, 4) is 5.75 Å². The van der Waals surface area contributed by atoms with Crippen molar-refractivity contribution in [2.75, 3.05) is 10.9 Å². The van der Waals surface area contributed by atoms with Crippen molar-refractivity contribution in [3.05, 3.63) is 23.8 Å². The maximum atomic E-state index is 10.9. The standard InChI is InChI=1S/C9H10ClNO2S2/c1-13-7-2-3-8(11(10)15)6(4-7)5-9(12)14/h2-4,15H,5H2,1H3,(H,12,14). The highest BCUT2D eigenvalue weighted by Crippen LogP contribution is 2.28. The summed E-state index contributed by atoms with van der Waals surface area (Å²) in [5.74, 6) is 0.662. The van der Waals surface area contributed by atoms with Crippen molar-refractivity contribution in [2.45, 2.75) is 6.42 Å². The molecule has 0 heterocycles. The Morgan fingerprint density at radius 2 is 2.27 bits per heavy atom. The molecule has 82 valence electrons. The molecule has 0 N–H and O–H groups in total. The monoisotopic (exact) mass is 263 g/mol. The number of thiol groups is 2. The van der Waals surface area contributed by atoms with Crippen LogP contribution in [0.25, 0.3) is 0 Å². The number of benzene rings is 1. The van der Waals surface area contributed by atoms with E-state index >= 15 is 0 Å².